The first kappa shape index (κ1) is 15.0. The summed E-state index contributed by atoms with van der Waals surface area (Å²) in [5.74, 6) is 1.81. The van der Waals surface area contributed by atoms with Gasteiger partial charge in [0.1, 0.15) is 5.75 Å². The van der Waals surface area contributed by atoms with Gasteiger partial charge in [-0.05, 0) is 30.4 Å². The lowest BCUT2D eigenvalue weighted by Gasteiger charge is -2.24. The Hall–Kier alpha value is -0.980. The second-order valence-electron chi connectivity index (χ2n) is 3.28. The van der Waals surface area contributed by atoms with E-state index < -0.39 is 0 Å². The van der Waals surface area contributed by atoms with Crippen LogP contribution in [0.2, 0.25) is 0 Å². The van der Waals surface area contributed by atoms with E-state index in [1.54, 1.807) is 0 Å². The van der Waals surface area contributed by atoms with E-state index in [0.717, 1.165) is 18.3 Å². The molecule has 0 radical (unpaired) electrons. The highest BCUT2D eigenvalue weighted by Crippen LogP contribution is 2.34. The molecular weight excluding hydrogens is 196 g/mol. The lowest BCUT2D eigenvalue weighted by molar-refractivity contribution is 0.265. The molecule has 0 fully saturated rings. The zero-order valence-electron chi connectivity index (χ0n) is 11.4. The Bertz CT molecular complexity index is 268. The first-order valence-corrected chi connectivity index (χ1v) is 6.63. The third-order valence-electron chi connectivity index (χ3n) is 2.58. The smallest absolute Gasteiger partial charge is 0.122 e. The van der Waals surface area contributed by atoms with Gasteiger partial charge in [-0.25, -0.2) is 0 Å². The summed E-state index contributed by atoms with van der Waals surface area (Å²) in [5, 5.41) is 0. The van der Waals surface area contributed by atoms with Crippen LogP contribution in [-0.2, 0) is 0 Å². The summed E-state index contributed by atoms with van der Waals surface area (Å²) in [7, 11) is 0. The van der Waals surface area contributed by atoms with Crippen molar-refractivity contribution < 1.29 is 4.74 Å². The number of para-hydroxylation sites is 1. The minimum absolute atomic E-state index is 0.718. The van der Waals surface area contributed by atoms with Crippen LogP contribution in [0.25, 0.3) is 0 Å². The van der Waals surface area contributed by atoms with Crippen molar-refractivity contribution in [3.05, 3.63) is 29.8 Å². The third-order valence-corrected chi connectivity index (χ3v) is 2.58. The molecule has 1 aliphatic heterocycles. The van der Waals surface area contributed by atoms with E-state index in [-0.39, 0.29) is 0 Å². The fourth-order valence-electron chi connectivity index (χ4n) is 1.84. The zero-order chi connectivity index (χ0) is 12.4. The lowest BCUT2D eigenvalue weighted by atomic mass is 9.91. The molecule has 0 saturated heterocycles. The Kier molecular flexibility index (Phi) is 8.69. The first-order chi connectivity index (χ1) is 7.92. The second kappa shape index (κ2) is 9.26. The van der Waals surface area contributed by atoms with Crippen LogP contribution in [0.5, 0.6) is 5.75 Å². The number of fused-ring (bicyclic) bond motifs is 1. The minimum Gasteiger partial charge on any atom is -0.493 e. The van der Waals surface area contributed by atoms with Gasteiger partial charge in [0.15, 0.2) is 0 Å². The van der Waals surface area contributed by atoms with Gasteiger partial charge in [-0.1, -0.05) is 52.8 Å². The predicted octanol–water partition coefficient (Wildman–Crippen LogP) is 5.02. The van der Waals surface area contributed by atoms with Gasteiger partial charge in [-0.2, -0.15) is 0 Å². The van der Waals surface area contributed by atoms with E-state index in [1.165, 1.54) is 18.4 Å². The van der Waals surface area contributed by atoms with Gasteiger partial charge in [0.2, 0.25) is 0 Å². The van der Waals surface area contributed by atoms with Gasteiger partial charge in [0.05, 0.1) is 6.61 Å². The van der Waals surface area contributed by atoms with Crippen LogP contribution in [0.1, 0.15) is 58.9 Å². The maximum Gasteiger partial charge on any atom is 0.122 e. The average Bonchev–Trinajstić information content (AvgIpc) is 2.42. The number of benzene rings is 1. The molecular formula is C15H26O. The highest BCUT2D eigenvalue weighted by Gasteiger charge is 2.18. The van der Waals surface area contributed by atoms with Crippen molar-refractivity contribution in [2.75, 3.05) is 6.61 Å². The molecule has 92 valence electrons. The fourth-order valence-corrected chi connectivity index (χ4v) is 1.84. The first-order valence-electron chi connectivity index (χ1n) is 6.63. The van der Waals surface area contributed by atoms with Crippen LogP contribution >= 0.6 is 0 Å². The minimum atomic E-state index is 0.718. The highest BCUT2D eigenvalue weighted by atomic mass is 16.5. The highest BCUT2D eigenvalue weighted by molar-refractivity contribution is 5.37. The van der Waals surface area contributed by atoms with Gasteiger partial charge in [-0.3, -0.25) is 0 Å². The van der Waals surface area contributed by atoms with Crippen LogP contribution in [0.3, 0.4) is 0 Å². The molecule has 0 saturated carbocycles. The summed E-state index contributed by atoms with van der Waals surface area (Å²) < 4.78 is 5.56. The van der Waals surface area contributed by atoms with Gasteiger partial charge in [0, 0.05) is 0 Å². The van der Waals surface area contributed by atoms with E-state index >= 15 is 0 Å². The molecule has 0 spiro atoms. The summed E-state index contributed by atoms with van der Waals surface area (Å²) in [4.78, 5) is 0. The van der Waals surface area contributed by atoms with Crippen molar-refractivity contribution in [2.24, 2.45) is 0 Å². The van der Waals surface area contributed by atoms with Crippen LogP contribution < -0.4 is 4.74 Å². The van der Waals surface area contributed by atoms with Crippen LogP contribution in [0.15, 0.2) is 24.3 Å². The standard InChI is InChI=1S/C11H14O.2C2H6/c1-2-9-7-8-12-11-6-4-3-5-10(9)11;2*1-2/h3-6,9H,2,7-8H2,1H3;2*1-2H3/t9-;;/m1../s1. The van der Waals surface area contributed by atoms with Gasteiger partial charge >= 0.3 is 0 Å². The normalized spacial score (nSPS) is 16.7. The second-order valence-corrected chi connectivity index (χ2v) is 3.28. The summed E-state index contributed by atoms with van der Waals surface area (Å²) in [6.07, 6.45) is 2.40. The van der Waals surface area contributed by atoms with E-state index in [2.05, 4.69) is 25.1 Å². The molecule has 0 aliphatic carbocycles. The van der Waals surface area contributed by atoms with Crippen molar-refractivity contribution in [1.82, 2.24) is 0 Å². The lowest BCUT2D eigenvalue weighted by Crippen LogP contribution is -2.13. The fraction of sp³-hybridized carbons (Fsp3) is 0.600. The van der Waals surface area contributed by atoms with Crippen molar-refractivity contribution in [2.45, 2.75) is 53.4 Å². The quantitative estimate of drug-likeness (QED) is 0.648. The SMILES string of the molecule is CC.CC.CC[C@@H]1CCOc2ccccc21. The van der Waals surface area contributed by atoms with Crippen LogP contribution in [-0.4, -0.2) is 6.61 Å². The Morgan fingerprint density at radius 1 is 1.12 bits per heavy atom. The number of rotatable bonds is 1. The summed E-state index contributed by atoms with van der Waals surface area (Å²) in [6.45, 7) is 11.1. The van der Waals surface area contributed by atoms with Crippen molar-refractivity contribution >= 4 is 0 Å². The molecule has 2 rings (SSSR count). The number of hydrogen-bond donors (Lipinski definition) is 0. The molecule has 1 atom stereocenters. The average molecular weight is 222 g/mol. The Morgan fingerprint density at radius 3 is 2.38 bits per heavy atom. The maximum absolute atomic E-state index is 5.56. The Morgan fingerprint density at radius 2 is 1.75 bits per heavy atom. The number of hydrogen-bond acceptors (Lipinski definition) is 1. The third kappa shape index (κ3) is 3.88. The molecule has 1 aliphatic rings. The summed E-state index contributed by atoms with van der Waals surface area (Å²) in [5.41, 5.74) is 1.39. The maximum atomic E-state index is 5.56. The topological polar surface area (TPSA) is 9.23 Å². The molecule has 0 aromatic heterocycles. The van der Waals surface area contributed by atoms with E-state index in [9.17, 15) is 0 Å². The van der Waals surface area contributed by atoms with Gasteiger partial charge < -0.3 is 4.74 Å². The Balaban J connectivity index is 0.000000509. The largest absolute Gasteiger partial charge is 0.493 e. The zero-order valence-corrected chi connectivity index (χ0v) is 11.4. The number of ether oxygens (including phenoxy) is 1. The van der Waals surface area contributed by atoms with Crippen molar-refractivity contribution in [3.63, 3.8) is 0 Å². The molecule has 16 heavy (non-hydrogen) atoms. The summed E-state index contributed by atoms with van der Waals surface area (Å²) in [6, 6.07) is 8.38. The molecule has 1 nitrogen and oxygen atoms in total. The van der Waals surface area contributed by atoms with Crippen LogP contribution in [0, 0.1) is 0 Å². The molecule has 0 N–H and O–H groups in total. The summed E-state index contributed by atoms with van der Waals surface area (Å²) >= 11 is 0. The monoisotopic (exact) mass is 222 g/mol. The van der Waals surface area contributed by atoms with Crippen LogP contribution in [0.4, 0.5) is 0 Å². The van der Waals surface area contributed by atoms with E-state index in [4.69, 9.17) is 4.74 Å². The van der Waals surface area contributed by atoms with Crippen molar-refractivity contribution in [1.29, 1.82) is 0 Å². The molecule has 0 amide bonds. The van der Waals surface area contributed by atoms with Gasteiger partial charge in [-0.15, -0.1) is 0 Å². The Labute approximate surface area is 101 Å². The molecule has 1 aromatic rings. The molecule has 1 heteroatoms. The molecule has 0 unspecified atom stereocenters. The molecule has 1 heterocycles. The molecule has 0 bridgehead atoms. The van der Waals surface area contributed by atoms with Gasteiger partial charge in [0.25, 0.3) is 0 Å². The predicted molar refractivity (Wildman–Crippen MR) is 72.3 cm³/mol. The van der Waals surface area contributed by atoms with E-state index in [1.807, 2.05) is 33.8 Å². The van der Waals surface area contributed by atoms with E-state index in [0.29, 0.717) is 0 Å². The molecule has 1 aromatic carbocycles. The van der Waals surface area contributed by atoms with Crippen molar-refractivity contribution in [3.8, 4) is 5.75 Å².